The van der Waals surface area contributed by atoms with E-state index in [0.29, 0.717) is 46.9 Å². The zero-order valence-corrected chi connectivity index (χ0v) is 30.4. The van der Waals surface area contributed by atoms with Crippen LogP contribution in [0.15, 0.2) is 65.1 Å². The normalized spacial score (nSPS) is 16.5. The molecule has 276 valence electrons. The van der Waals surface area contributed by atoms with Gasteiger partial charge in [0.2, 0.25) is 5.89 Å². The maximum absolute atomic E-state index is 13.6. The fraction of sp³-hybridized carbons (Fsp3) is 0.333. The van der Waals surface area contributed by atoms with E-state index in [-0.39, 0.29) is 18.3 Å². The summed E-state index contributed by atoms with van der Waals surface area (Å²) >= 11 is 0. The number of nitriles is 1. The second-order valence-corrected chi connectivity index (χ2v) is 14.2. The van der Waals surface area contributed by atoms with Crippen molar-refractivity contribution in [2.45, 2.75) is 65.3 Å². The number of hydrogen-bond donors (Lipinski definition) is 1. The van der Waals surface area contributed by atoms with Crippen LogP contribution in [-0.4, -0.2) is 70.1 Å². The highest BCUT2D eigenvalue weighted by Gasteiger charge is 2.32. The predicted molar refractivity (Wildman–Crippen MR) is 201 cm³/mol. The summed E-state index contributed by atoms with van der Waals surface area (Å²) in [6.45, 7) is 4.81. The zero-order valence-electron chi connectivity index (χ0n) is 30.4. The Morgan fingerprint density at radius 2 is 1.67 bits per heavy atom. The van der Waals surface area contributed by atoms with E-state index in [9.17, 15) is 18.8 Å². The molecule has 0 aliphatic carbocycles. The number of aromatic nitrogens is 3. The van der Waals surface area contributed by atoms with Crippen LogP contribution in [0.5, 0.6) is 5.75 Å². The van der Waals surface area contributed by atoms with Crippen molar-refractivity contribution in [1.82, 2.24) is 24.8 Å². The lowest BCUT2D eigenvalue weighted by molar-refractivity contribution is -0.146. The smallest absolute Gasteiger partial charge is 0.387 e. The number of nitrogens with zero attached hydrogens (tertiary/aromatic N) is 5. The molecule has 4 heterocycles. The Hall–Kier alpha value is -5.64. The van der Waals surface area contributed by atoms with Gasteiger partial charge in [-0.05, 0) is 111 Å². The highest BCUT2D eigenvalue weighted by atomic mass is 19.3. The minimum absolute atomic E-state index is 0.0241. The van der Waals surface area contributed by atoms with Crippen LogP contribution < -0.4 is 4.74 Å². The predicted octanol–water partition coefficient (Wildman–Crippen LogP) is 8.53. The van der Waals surface area contributed by atoms with Crippen LogP contribution in [0.4, 0.5) is 8.78 Å². The fourth-order valence-electron chi connectivity index (χ4n) is 8.10. The van der Waals surface area contributed by atoms with Gasteiger partial charge in [-0.3, -0.25) is 14.6 Å². The Morgan fingerprint density at radius 1 is 0.944 bits per heavy atom. The Bertz CT molecular complexity index is 2430. The number of nitrogens with one attached hydrogen (secondary N) is 1. The number of oxazole rings is 1. The summed E-state index contributed by atoms with van der Waals surface area (Å²) in [5.74, 6) is 0.663. The monoisotopic (exact) mass is 730 g/mol. The minimum Gasteiger partial charge on any atom is -0.468 e. The Balaban J connectivity index is 1.13. The molecular weight excluding hydrogens is 690 g/mol. The molecule has 8 rings (SSSR count). The van der Waals surface area contributed by atoms with Gasteiger partial charge in [-0.2, -0.15) is 14.0 Å². The molecular formula is C42H40F2N6O4. The lowest BCUT2D eigenvalue weighted by Crippen LogP contribution is -2.36. The number of ether oxygens (including phenoxy) is 2. The van der Waals surface area contributed by atoms with Gasteiger partial charge in [-0.1, -0.05) is 30.3 Å². The second kappa shape index (κ2) is 14.6. The Kier molecular flexibility index (Phi) is 9.60. The van der Waals surface area contributed by atoms with E-state index >= 15 is 0 Å². The summed E-state index contributed by atoms with van der Waals surface area (Å²) < 4.78 is 43.3. The second-order valence-electron chi connectivity index (χ2n) is 14.2. The average Bonchev–Trinajstić information content (AvgIpc) is 3.99. The molecule has 12 heteroatoms. The summed E-state index contributed by atoms with van der Waals surface area (Å²) in [4.78, 5) is 29.9. The first kappa shape index (κ1) is 35.4. The van der Waals surface area contributed by atoms with E-state index in [1.807, 2.05) is 48.2 Å². The van der Waals surface area contributed by atoms with Crippen molar-refractivity contribution in [3.8, 4) is 45.8 Å². The van der Waals surface area contributed by atoms with Gasteiger partial charge in [0.25, 0.3) is 0 Å². The highest BCUT2D eigenvalue weighted by molar-refractivity contribution is 5.88. The number of likely N-dealkylation sites (tertiary alicyclic amines) is 2. The van der Waals surface area contributed by atoms with Gasteiger partial charge < -0.3 is 18.9 Å². The average molecular weight is 731 g/mol. The molecule has 0 spiro atoms. The topological polar surface area (TPSA) is 121 Å². The van der Waals surface area contributed by atoms with Gasteiger partial charge in [0.15, 0.2) is 5.58 Å². The number of hydrogen-bond acceptors (Lipinski definition) is 9. The molecule has 0 radical (unpaired) electrons. The zero-order chi connectivity index (χ0) is 37.5. The molecule has 54 heavy (non-hydrogen) atoms. The van der Waals surface area contributed by atoms with Gasteiger partial charge in [0, 0.05) is 35.8 Å². The summed E-state index contributed by atoms with van der Waals surface area (Å²) in [5, 5.41) is 10.0. The maximum atomic E-state index is 13.6. The first-order valence-corrected chi connectivity index (χ1v) is 18.3. The molecule has 2 aromatic heterocycles. The van der Waals surface area contributed by atoms with Gasteiger partial charge in [-0.25, -0.2) is 9.97 Å². The van der Waals surface area contributed by atoms with Crippen molar-refractivity contribution in [3.05, 3.63) is 88.5 Å². The van der Waals surface area contributed by atoms with Crippen LogP contribution in [0.1, 0.15) is 53.5 Å². The molecule has 1 N–H and O–H groups in total. The van der Waals surface area contributed by atoms with E-state index in [1.54, 1.807) is 6.07 Å². The largest absolute Gasteiger partial charge is 0.468 e. The lowest BCUT2D eigenvalue weighted by Gasteiger charge is -2.23. The van der Waals surface area contributed by atoms with Crippen LogP contribution in [0.3, 0.4) is 0 Å². The SMILES string of the molecule is COC(=O)[C@@H]1CCCN1Cc1cc2nc(-c3cccc(-c4cccc(-c5nc6cc(CN7CCCC7)cc(C#N)c6[nH]5)c4C)c3C)oc2cc1OC(F)F. The number of alkyl halides is 2. The van der Waals surface area contributed by atoms with Crippen LogP contribution in [0.2, 0.25) is 0 Å². The number of carbonyl (C=O) groups is 1. The van der Waals surface area contributed by atoms with E-state index in [4.69, 9.17) is 23.9 Å². The Morgan fingerprint density at radius 3 is 2.39 bits per heavy atom. The van der Waals surface area contributed by atoms with Crippen LogP contribution in [0, 0.1) is 25.2 Å². The number of fused-ring (bicyclic) bond motifs is 2. The van der Waals surface area contributed by atoms with Crippen LogP contribution >= 0.6 is 0 Å². The van der Waals surface area contributed by atoms with Gasteiger partial charge in [0.05, 0.1) is 23.7 Å². The summed E-state index contributed by atoms with van der Waals surface area (Å²) in [5.41, 5.74) is 10.0. The highest BCUT2D eigenvalue weighted by Crippen LogP contribution is 2.39. The first-order chi connectivity index (χ1) is 26.2. The van der Waals surface area contributed by atoms with Crippen molar-refractivity contribution in [2.75, 3.05) is 26.7 Å². The number of benzene rings is 4. The quantitative estimate of drug-likeness (QED) is 0.138. The van der Waals surface area contributed by atoms with Crippen molar-refractivity contribution in [3.63, 3.8) is 0 Å². The minimum atomic E-state index is -3.04. The van der Waals surface area contributed by atoms with E-state index in [1.165, 1.54) is 26.0 Å². The molecule has 2 aliphatic rings. The van der Waals surface area contributed by atoms with Crippen molar-refractivity contribution in [1.29, 1.82) is 5.26 Å². The number of rotatable bonds is 10. The third-order valence-corrected chi connectivity index (χ3v) is 10.8. The molecule has 2 saturated heterocycles. The number of methoxy groups -OCH3 is 1. The molecule has 0 saturated carbocycles. The van der Waals surface area contributed by atoms with E-state index < -0.39 is 12.7 Å². The first-order valence-electron chi connectivity index (χ1n) is 18.3. The number of H-pyrrole nitrogens is 1. The summed E-state index contributed by atoms with van der Waals surface area (Å²) in [6, 6.07) is 21.1. The number of aromatic amines is 1. The molecule has 2 aliphatic heterocycles. The summed E-state index contributed by atoms with van der Waals surface area (Å²) in [6.07, 6.45) is 3.83. The van der Waals surface area contributed by atoms with E-state index in [2.05, 4.69) is 35.0 Å². The number of imidazole rings is 1. The molecule has 6 aromatic rings. The molecule has 0 bridgehead atoms. The fourth-order valence-corrected chi connectivity index (χ4v) is 8.10. The van der Waals surface area contributed by atoms with Crippen molar-refractivity contribution >= 4 is 28.1 Å². The number of carbonyl (C=O) groups excluding carboxylic acids is 1. The van der Waals surface area contributed by atoms with Crippen LogP contribution in [-0.2, 0) is 22.6 Å². The molecule has 0 unspecified atom stereocenters. The number of halogens is 2. The molecule has 10 nitrogen and oxygen atoms in total. The van der Waals surface area contributed by atoms with Crippen molar-refractivity contribution in [2.24, 2.45) is 0 Å². The molecule has 2 fully saturated rings. The molecule has 4 aromatic carbocycles. The van der Waals surface area contributed by atoms with Crippen LogP contribution in [0.25, 0.3) is 56.1 Å². The molecule has 1 atom stereocenters. The van der Waals surface area contributed by atoms with E-state index in [0.717, 1.165) is 76.0 Å². The standard InChI is InChI=1S/C42H40F2N6O4/c1-24-29(9-6-11-31(24)39-46-34-18-26(22-49-14-4-5-15-49)17-27(21-45)38(34)48-39)30-10-7-12-32(25(30)2)40-47-33-19-28(36(54-42(43)44)20-37(33)53-40)23-50-16-8-13-35(50)41(51)52-3/h6-7,9-12,17-20,35,42H,4-5,8,13-16,22-23H2,1-3H3,(H,46,48)/t35-/m0/s1. The van der Waals surface area contributed by atoms with Crippen molar-refractivity contribution < 1.29 is 27.5 Å². The van der Waals surface area contributed by atoms with Gasteiger partial charge in [0.1, 0.15) is 29.2 Å². The van der Waals surface area contributed by atoms with Gasteiger partial charge in [-0.15, -0.1) is 0 Å². The third kappa shape index (κ3) is 6.70. The maximum Gasteiger partial charge on any atom is 0.387 e. The third-order valence-electron chi connectivity index (χ3n) is 10.8. The lowest BCUT2D eigenvalue weighted by atomic mass is 9.91. The summed E-state index contributed by atoms with van der Waals surface area (Å²) in [7, 11) is 1.35. The molecule has 0 amide bonds. The number of esters is 1. The Labute approximate surface area is 311 Å². The van der Waals surface area contributed by atoms with Gasteiger partial charge >= 0.3 is 12.6 Å².